The van der Waals surface area contributed by atoms with Gasteiger partial charge in [-0.2, -0.15) is 18.7 Å². The minimum absolute atomic E-state index is 0.151. The van der Waals surface area contributed by atoms with Crippen LogP contribution in [0.15, 0.2) is 24.3 Å². The number of nitrogen functional groups attached to an aromatic ring is 1. The van der Waals surface area contributed by atoms with E-state index in [1.54, 1.807) is 24.3 Å². The predicted molar refractivity (Wildman–Crippen MR) is 61.1 cm³/mol. The summed E-state index contributed by atoms with van der Waals surface area (Å²) >= 11 is 5.59. The molecule has 0 saturated carbocycles. The molecular weight excluding hydrogens is 250 g/mol. The van der Waals surface area contributed by atoms with Gasteiger partial charge in [0.15, 0.2) is 5.82 Å². The van der Waals surface area contributed by atoms with Crippen LogP contribution >= 0.6 is 11.6 Å². The fourth-order valence-corrected chi connectivity index (χ4v) is 1.36. The van der Waals surface area contributed by atoms with E-state index in [9.17, 15) is 8.78 Å². The maximum atomic E-state index is 13.0. The number of aromatic nitrogens is 2. The average molecular weight is 257 g/mol. The first-order valence-electron chi connectivity index (χ1n) is 4.57. The molecule has 2 rings (SSSR count). The Morgan fingerprint density at radius 1 is 1.24 bits per heavy atom. The number of nitrogens with one attached hydrogen (secondary N) is 1. The summed E-state index contributed by atoms with van der Waals surface area (Å²) in [6.07, 6.45) is -1.20. The second-order valence-corrected chi connectivity index (χ2v) is 3.57. The normalized spacial score (nSPS) is 10.3. The summed E-state index contributed by atoms with van der Waals surface area (Å²) in [5.41, 5.74) is 6.58. The van der Waals surface area contributed by atoms with Crippen molar-refractivity contribution in [1.82, 2.24) is 9.97 Å². The number of halogens is 3. The van der Waals surface area contributed by atoms with Crippen LogP contribution in [0.1, 0.15) is 0 Å². The van der Waals surface area contributed by atoms with Crippen LogP contribution in [-0.4, -0.2) is 9.97 Å². The van der Waals surface area contributed by atoms with Gasteiger partial charge in [0.2, 0.25) is 5.95 Å². The van der Waals surface area contributed by atoms with Gasteiger partial charge in [-0.15, -0.1) is 0 Å². The first-order chi connectivity index (χ1) is 8.06. The number of benzene rings is 1. The molecule has 88 valence electrons. The fourth-order valence-electron chi connectivity index (χ4n) is 1.23. The minimum atomic E-state index is -1.20. The van der Waals surface area contributed by atoms with Gasteiger partial charge in [0.1, 0.15) is 5.02 Å². The van der Waals surface area contributed by atoms with Crippen LogP contribution in [-0.2, 0) is 0 Å². The molecule has 0 atom stereocenters. The molecule has 0 aliphatic rings. The average Bonchev–Trinajstić information content (AvgIpc) is 2.25. The molecule has 1 heterocycles. The Balaban J connectivity index is 2.36. The highest BCUT2D eigenvalue weighted by Crippen LogP contribution is 2.25. The van der Waals surface area contributed by atoms with Crippen molar-refractivity contribution in [3.05, 3.63) is 41.3 Å². The van der Waals surface area contributed by atoms with Crippen molar-refractivity contribution < 1.29 is 8.78 Å². The van der Waals surface area contributed by atoms with Crippen LogP contribution in [0.5, 0.6) is 0 Å². The summed E-state index contributed by atoms with van der Waals surface area (Å²) < 4.78 is 25.8. The minimum Gasteiger partial charge on any atom is -0.399 e. The summed E-state index contributed by atoms with van der Waals surface area (Å²) in [6.45, 7) is 0. The lowest BCUT2D eigenvalue weighted by atomic mass is 10.3. The highest BCUT2D eigenvalue weighted by molar-refractivity contribution is 6.33. The number of nitrogens with two attached hydrogens (primary N) is 1. The summed E-state index contributed by atoms with van der Waals surface area (Å²) in [6, 6.07) is 6.59. The molecular formula is C10H7ClF2N4. The van der Waals surface area contributed by atoms with E-state index in [0.29, 0.717) is 11.4 Å². The Hall–Kier alpha value is -1.95. The maximum absolute atomic E-state index is 13.0. The van der Waals surface area contributed by atoms with Gasteiger partial charge in [-0.1, -0.05) is 17.7 Å². The molecule has 0 radical (unpaired) electrons. The van der Waals surface area contributed by atoms with Crippen molar-refractivity contribution in [2.75, 3.05) is 11.1 Å². The van der Waals surface area contributed by atoms with Gasteiger partial charge in [0.25, 0.3) is 0 Å². The topological polar surface area (TPSA) is 63.8 Å². The van der Waals surface area contributed by atoms with E-state index in [1.807, 2.05) is 0 Å². The van der Waals surface area contributed by atoms with Gasteiger partial charge in [-0.3, -0.25) is 0 Å². The van der Waals surface area contributed by atoms with Crippen LogP contribution in [0.3, 0.4) is 0 Å². The SMILES string of the molecule is Nc1cccc(Nc2nc(F)nc(F)c2Cl)c1. The number of hydrogen-bond donors (Lipinski definition) is 2. The second kappa shape index (κ2) is 4.50. The molecule has 2 aromatic rings. The van der Waals surface area contributed by atoms with E-state index in [0.717, 1.165) is 0 Å². The monoisotopic (exact) mass is 256 g/mol. The quantitative estimate of drug-likeness (QED) is 0.493. The third-order valence-electron chi connectivity index (χ3n) is 1.93. The van der Waals surface area contributed by atoms with E-state index >= 15 is 0 Å². The molecule has 1 aromatic heterocycles. The van der Waals surface area contributed by atoms with E-state index in [2.05, 4.69) is 15.3 Å². The first kappa shape index (κ1) is 11.5. The molecule has 0 aliphatic carbocycles. The van der Waals surface area contributed by atoms with Crippen molar-refractivity contribution in [2.24, 2.45) is 0 Å². The predicted octanol–water partition coefficient (Wildman–Crippen LogP) is 2.73. The van der Waals surface area contributed by atoms with Crippen molar-refractivity contribution in [2.45, 2.75) is 0 Å². The zero-order chi connectivity index (χ0) is 12.4. The third kappa shape index (κ3) is 2.59. The molecule has 0 spiro atoms. The van der Waals surface area contributed by atoms with E-state index in [1.165, 1.54) is 0 Å². The highest BCUT2D eigenvalue weighted by atomic mass is 35.5. The second-order valence-electron chi connectivity index (χ2n) is 3.20. The van der Waals surface area contributed by atoms with Crippen molar-refractivity contribution in [1.29, 1.82) is 0 Å². The summed E-state index contributed by atoms with van der Waals surface area (Å²) in [5.74, 6) is -1.27. The van der Waals surface area contributed by atoms with Crippen LogP contribution in [0.25, 0.3) is 0 Å². The third-order valence-corrected chi connectivity index (χ3v) is 2.27. The van der Waals surface area contributed by atoms with Crippen LogP contribution < -0.4 is 11.1 Å². The molecule has 0 bridgehead atoms. The fraction of sp³-hybridized carbons (Fsp3) is 0. The van der Waals surface area contributed by atoms with E-state index < -0.39 is 12.0 Å². The lowest BCUT2D eigenvalue weighted by Crippen LogP contribution is -2.02. The summed E-state index contributed by atoms with van der Waals surface area (Å²) in [4.78, 5) is 6.21. The zero-order valence-electron chi connectivity index (χ0n) is 8.42. The molecule has 7 heteroatoms. The van der Waals surface area contributed by atoms with Crippen molar-refractivity contribution >= 4 is 28.8 Å². The van der Waals surface area contributed by atoms with Crippen molar-refractivity contribution in [3.8, 4) is 0 Å². The van der Waals surface area contributed by atoms with E-state index in [4.69, 9.17) is 17.3 Å². The standard InChI is InChI=1S/C10H7ClF2N4/c11-7-8(12)16-10(13)17-9(7)15-6-3-1-2-5(14)4-6/h1-4H,14H2,(H,15,16,17). The zero-order valence-corrected chi connectivity index (χ0v) is 9.17. The highest BCUT2D eigenvalue weighted by Gasteiger charge is 2.12. The molecule has 0 aliphatic heterocycles. The Labute approximate surface area is 100 Å². The lowest BCUT2D eigenvalue weighted by Gasteiger charge is -2.07. The Morgan fingerprint density at radius 2 is 2.00 bits per heavy atom. The number of nitrogens with zero attached hydrogens (tertiary/aromatic N) is 2. The van der Waals surface area contributed by atoms with Gasteiger partial charge in [0, 0.05) is 11.4 Å². The molecule has 0 amide bonds. The largest absolute Gasteiger partial charge is 0.399 e. The smallest absolute Gasteiger partial charge is 0.313 e. The molecule has 4 nitrogen and oxygen atoms in total. The van der Waals surface area contributed by atoms with Gasteiger partial charge < -0.3 is 11.1 Å². The van der Waals surface area contributed by atoms with Crippen molar-refractivity contribution in [3.63, 3.8) is 0 Å². The molecule has 0 fully saturated rings. The van der Waals surface area contributed by atoms with Gasteiger partial charge in [-0.25, -0.2) is 0 Å². The molecule has 1 aromatic carbocycles. The molecule has 0 saturated heterocycles. The summed E-state index contributed by atoms with van der Waals surface area (Å²) in [7, 11) is 0. The van der Waals surface area contributed by atoms with Gasteiger partial charge in [-0.05, 0) is 18.2 Å². The molecule has 17 heavy (non-hydrogen) atoms. The molecule has 3 N–H and O–H groups in total. The van der Waals surface area contributed by atoms with E-state index in [-0.39, 0.29) is 10.8 Å². The Kier molecular flexibility index (Phi) is 3.06. The first-order valence-corrected chi connectivity index (χ1v) is 4.95. The molecule has 0 unspecified atom stereocenters. The number of rotatable bonds is 2. The number of hydrogen-bond acceptors (Lipinski definition) is 4. The summed E-state index contributed by atoms with van der Waals surface area (Å²) in [5, 5.41) is 2.27. The van der Waals surface area contributed by atoms with Crippen LogP contribution in [0, 0.1) is 12.0 Å². The Morgan fingerprint density at radius 3 is 2.71 bits per heavy atom. The van der Waals surface area contributed by atoms with Crippen LogP contribution in [0.4, 0.5) is 26.0 Å². The number of anilines is 3. The van der Waals surface area contributed by atoms with Gasteiger partial charge in [0.05, 0.1) is 0 Å². The maximum Gasteiger partial charge on any atom is 0.313 e. The Bertz CT molecular complexity index is 562. The van der Waals surface area contributed by atoms with Gasteiger partial charge >= 0.3 is 6.08 Å². The lowest BCUT2D eigenvalue weighted by molar-refractivity contribution is 0.485. The van der Waals surface area contributed by atoms with Crippen LogP contribution in [0.2, 0.25) is 5.02 Å².